The van der Waals surface area contributed by atoms with Crippen LogP contribution in [0.1, 0.15) is 51.5 Å². The second-order valence-corrected chi connectivity index (χ2v) is 7.91. The summed E-state index contributed by atoms with van der Waals surface area (Å²) in [7, 11) is 0. The van der Waals surface area contributed by atoms with Gasteiger partial charge in [-0.1, -0.05) is 51.3 Å². The Morgan fingerprint density at radius 3 is 2.54 bits per heavy atom. The number of benzene rings is 1. The molecule has 1 atom stereocenters. The molecule has 6 heteroatoms. The minimum absolute atomic E-state index is 0.0189. The lowest BCUT2D eigenvalue weighted by Gasteiger charge is -2.26. The Morgan fingerprint density at radius 2 is 1.86 bits per heavy atom. The number of rotatable bonds is 7. The van der Waals surface area contributed by atoms with Gasteiger partial charge in [0, 0.05) is 24.2 Å². The van der Waals surface area contributed by atoms with Gasteiger partial charge in [-0.05, 0) is 30.9 Å². The smallest absolute Gasteiger partial charge is 0.243 e. The van der Waals surface area contributed by atoms with E-state index >= 15 is 0 Å². The van der Waals surface area contributed by atoms with Crippen LogP contribution in [0.2, 0.25) is 0 Å². The summed E-state index contributed by atoms with van der Waals surface area (Å²) in [5.41, 5.74) is 1.89. The number of hydrogen-bond acceptors (Lipinski definition) is 3. The van der Waals surface area contributed by atoms with E-state index in [9.17, 15) is 9.59 Å². The lowest BCUT2D eigenvalue weighted by atomic mass is 9.88. The van der Waals surface area contributed by atoms with E-state index in [0.717, 1.165) is 36.9 Å². The summed E-state index contributed by atoms with van der Waals surface area (Å²) in [5, 5.41) is 10.3. The molecule has 0 aliphatic heterocycles. The van der Waals surface area contributed by atoms with Crippen LogP contribution in [0.5, 0.6) is 0 Å². The molecule has 150 valence electrons. The summed E-state index contributed by atoms with van der Waals surface area (Å²) in [4.78, 5) is 25.2. The zero-order valence-corrected chi connectivity index (χ0v) is 16.7. The van der Waals surface area contributed by atoms with Gasteiger partial charge in [-0.3, -0.25) is 9.59 Å². The molecule has 1 aromatic heterocycles. The van der Waals surface area contributed by atoms with Crippen molar-refractivity contribution in [3.8, 4) is 5.69 Å². The van der Waals surface area contributed by atoms with Crippen molar-refractivity contribution in [2.75, 3.05) is 0 Å². The third-order valence-corrected chi connectivity index (χ3v) is 5.35. The second-order valence-electron chi connectivity index (χ2n) is 7.91. The van der Waals surface area contributed by atoms with Gasteiger partial charge >= 0.3 is 0 Å². The quantitative estimate of drug-likeness (QED) is 0.772. The highest BCUT2D eigenvalue weighted by molar-refractivity contribution is 5.88. The Labute approximate surface area is 166 Å². The van der Waals surface area contributed by atoms with Crippen LogP contribution in [-0.2, 0) is 16.1 Å². The molecule has 1 saturated carbocycles. The minimum atomic E-state index is -0.515. The Balaban J connectivity index is 1.55. The third kappa shape index (κ3) is 5.21. The Bertz CT molecular complexity index is 779. The van der Waals surface area contributed by atoms with E-state index in [2.05, 4.69) is 15.7 Å². The summed E-state index contributed by atoms with van der Waals surface area (Å²) in [6.07, 6.45) is 8.91. The van der Waals surface area contributed by atoms with Gasteiger partial charge in [-0.15, -0.1) is 0 Å². The van der Waals surface area contributed by atoms with Crippen molar-refractivity contribution in [3.05, 3.63) is 48.3 Å². The molecule has 6 nitrogen and oxygen atoms in total. The summed E-state index contributed by atoms with van der Waals surface area (Å²) >= 11 is 0. The highest BCUT2D eigenvalue weighted by Crippen LogP contribution is 2.24. The summed E-state index contributed by atoms with van der Waals surface area (Å²) in [5.74, 6) is -0.0523. The van der Waals surface area contributed by atoms with E-state index in [1.54, 1.807) is 10.9 Å². The molecule has 0 bridgehead atoms. The van der Waals surface area contributed by atoms with Crippen LogP contribution < -0.4 is 10.6 Å². The van der Waals surface area contributed by atoms with Gasteiger partial charge in [0.1, 0.15) is 6.04 Å². The van der Waals surface area contributed by atoms with E-state index in [-0.39, 0.29) is 23.7 Å². The lowest BCUT2D eigenvalue weighted by molar-refractivity contribution is -0.132. The van der Waals surface area contributed by atoms with Crippen molar-refractivity contribution in [2.45, 2.75) is 58.5 Å². The fourth-order valence-corrected chi connectivity index (χ4v) is 3.64. The molecule has 28 heavy (non-hydrogen) atoms. The largest absolute Gasteiger partial charge is 0.350 e. The highest BCUT2D eigenvalue weighted by atomic mass is 16.2. The molecule has 0 saturated heterocycles. The van der Waals surface area contributed by atoms with Crippen LogP contribution >= 0.6 is 0 Å². The van der Waals surface area contributed by atoms with Crippen molar-refractivity contribution in [1.82, 2.24) is 20.4 Å². The Morgan fingerprint density at radius 1 is 1.14 bits per heavy atom. The van der Waals surface area contributed by atoms with Crippen LogP contribution in [-0.4, -0.2) is 27.6 Å². The molecule has 1 fully saturated rings. The number of nitrogens with one attached hydrogen (secondary N) is 2. The van der Waals surface area contributed by atoms with Gasteiger partial charge < -0.3 is 10.6 Å². The molecule has 3 rings (SSSR count). The Kier molecular flexibility index (Phi) is 6.85. The van der Waals surface area contributed by atoms with Gasteiger partial charge in [-0.25, -0.2) is 4.68 Å². The SMILES string of the molecule is CC(C)C(NC(=O)C1CCCCC1)C(=O)NCc1cnn(-c2ccccc2)c1. The summed E-state index contributed by atoms with van der Waals surface area (Å²) in [6.45, 7) is 4.30. The first-order valence-corrected chi connectivity index (χ1v) is 10.2. The van der Waals surface area contributed by atoms with Gasteiger partial charge in [-0.2, -0.15) is 5.10 Å². The minimum Gasteiger partial charge on any atom is -0.350 e. The van der Waals surface area contributed by atoms with Gasteiger partial charge in [0.15, 0.2) is 0 Å². The van der Waals surface area contributed by atoms with Crippen molar-refractivity contribution in [1.29, 1.82) is 0 Å². The highest BCUT2D eigenvalue weighted by Gasteiger charge is 2.28. The summed E-state index contributed by atoms with van der Waals surface area (Å²) < 4.78 is 1.78. The van der Waals surface area contributed by atoms with Crippen molar-refractivity contribution in [3.63, 3.8) is 0 Å². The predicted molar refractivity (Wildman–Crippen MR) is 109 cm³/mol. The van der Waals surface area contributed by atoms with Crippen LogP contribution in [0.4, 0.5) is 0 Å². The molecule has 1 aliphatic rings. The second kappa shape index (κ2) is 9.53. The van der Waals surface area contributed by atoms with Crippen molar-refractivity contribution < 1.29 is 9.59 Å². The maximum Gasteiger partial charge on any atom is 0.243 e. The molecule has 1 aliphatic carbocycles. The standard InChI is InChI=1S/C22H30N4O2/c1-16(2)20(25-21(27)18-9-5-3-6-10-18)22(28)23-13-17-14-24-26(15-17)19-11-7-4-8-12-19/h4,7-8,11-12,14-16,18,20H,3,5-6,9-10,13H2,1-2H3,(H,23,28)(H,25,27). The first kappa shape index (κ1) is 20.1. The topological polar surface area (TPSA) is 76.0 Å². The zero-order chi connectivity index (χ0) is 19.9. The van der Waals surface area contributed by atoms with E-state index < -0.39 is 6.04 Å². The van der Waals surface area contributed by atoms with Crippen LogP contribution in [0.25, 0.3) is 5.69 Å². The number of carbonyl (C=O) groups is 2. The lowest BCUT2D eigenvalue weighted by Crippen LogP contribution is -2.51. The fourth-order valence-electron chi connectivity index (χ4n) is 3.64. The van der Waals surface area contributed by atoms with Crippen LogP contribution in [0.15, 0.2) is 42.7 Å². The van der Waals surface area contributed by atoms with Crippen LogP contribution in [0, 0.1) is 11.8 Å². The molecule has 0 radical (unpaired) electrons. The Hall–Kier alpha value is -2.63. The number of amides is 2. The van der Waals surface area contributed by atoms with E-state index in [1.807, 2.05) is 50.4 Å². The van der Waals surface area contributed by atoms with E-state index in [1.165, 1.54) is 6.42 Å². The predicted octanol–water partition coefficient (Wildman–Crippen LogP) is 3.21. The molecule has 1 heterocycles. The number of hydrogen-bond donors (Lipinski definition) is 2. The number of para-hydroxylation sites is 1. The van der Waals surface area contributed by atoms with Gasteiger partial charge in [0.2, 0.25) is 11.8 Å². The molecular weight excluding hydrogens is 352 g/mol. The molecular formula is C22H30N4O2. The average Bonchev–Trinajstić information content (AvgIpc) is 3.20. The molecule has 2 aromatic rings. The normalized spacial score (nSPS) is 16.0. The third-order valence-electron chi connectivity index (χ3n) is 5.35. The summed E-state index contributed by atoms with van der Waals surface area (Å²) in [6, 6.07) is 9.32. The fraction of sp³-hybridized carbons (Fsp3) is 0.500. The molecule has 2 amide bonds. The zero-order valence-electron chi connectivity index (χ0n) is 16.7. The van der Waals surface area contributed by atoms with Crippen molar-refractivity contribution >= 4 is 11.8 Å². The maximum atomic E-state index is 12.7. The van der Waals surface area contributed by atoms with E-state index in [0.29, 0.717) is 6.54 Å². The number of aromatic nitrogens is 2. The van der Waals surface area contributed by atoms with Crippen molar-refractivity contribution in [2.24, 2.45) is 11.8 Å². The molecule has 2 N–H and O–H groups in total. The first-order valence-electron chi connectivity index (χ1n) is 10.2. The number of nitrogens with zero attached hydrogens (tertiary/aromatic N) is 2. The van der Waals surface area contributed by atoms with Gasteiger partial charge in [0.25, 0.3) is 0 Å². The monoisotopic (exact) mass is 382 g/mol. The first-order chi connectivity index (χ1) is 13.5. The molecule has 1 unspecified atom stereocenters. The average molecular weight is 383 g/mol. The number of carbonyl (C=O) groups excluding carboxylic acids is 2. The van der Waals surface area contributed by atoms with Crippen LogP contribution in [0.3, 0.4) is 0 Å². The van der Waals surface area contributed by atoms with E-state index in [4.69, 9.17) is 0 Å². The molecule has 1 aromatic carbocycles. The molecule has 0 spiro atoms. The van der Waals surface area contributed by atoms with Gasteiger partial charge in [0.05, 0.1) is 11.9 Å². The maximum absolute atomic E-state index is 12.7.